The largest absolute Gasteiger partial charge is 0.385 e. The quantitative estimate of drug-likeness (QED) is 0.366. The number of ether oxygens (including phenoxy) is 1. The summed E-state index contributed by atoms with van der Waals surface area (Å²) in [6.07, 6.45) is 0. The number of nitro benzene ring substituents is 2. The second kappa shape index (κ2) is 6.43. The lowest BCUT2D eigenvalue weighted by molar-refractivity contribution is -0.394. The molecule has 0 unspecified atom stereocenters. The predicted octanol–water partition coefficient (Wildman–Crippen LogP) is 2.50. The predicted molar refractivity (Wildman–Crippen MR) is 75.9 cm³/mol. The summed E-state index contributed by atoms with van der Waals surface area (Å²) >= 11 is 0. The van der Waals surface area contributed by atoms with Crippen molar-refractivity contribution >= 4 is 23.3 Å². The summed E-state index contributed by atoms with van der Waals surface area (Å²) in [4.78, 5) is 43.8. The number of nitro groups is 2. The van der Waals surface area contributed by atoms with Crippen LogP contribution in [-0.4, -0.2) is 21.8 Å². The minimum atomic E-state index is -1.46. The summed E-state index contributed by atoms with van der Waals surface area (Å²) in [5.74, 6) is -2.53. The Morgan fingerprint density at radius 3 is 1.78 bits per heavy atom. The molecule has 0 spiro atoms. The maximum atomic E-state index is 12.0. The molecule has 2 aromatic carbocycles. The van der Waals surface area contributed by atoms with Crippen LogP contribution in [0.4, 0.5) is 11.4 Å². The summed E-state index contributed by atoms with van der Waals surface area (Å²) in [5, 5.41) is 21.9. The van der Waals surface area contributed by atoms with E-state index in [0.717, 1.165) is 18.2 Å². The lowest BCUT2D eigenvalue weighted by atomic mass is 10.1. The van der Waals surface area contributed by atoms with E-state index in [1.165, 1.54) is 24.3 Å². The number of rotatable bonds is 4. The molecule has 0 saturated carbocycles. The zero-order valence-corrected chi connectivity index (χ0v) is 11.4. The maximum Gasteiger partial charge on any atom is 0.360 e. The third-order valence-corrected chi connectivity index (χ3v) is 2.81. The highest BCUT2D eigenvalue weighted by Gasteiger charge is 2.33. The molecule has 0 aromatic heterocycles. The van der Waals surface area contributed by atoms with Gasteiger partial charge in [-0.15, -0.1) is 0 Å². The lowest BCUT2D eigenvalue weighted by Crippen LogP contribution is -2.16. The Morgan fingerprint density at radius 2 is 1.30 bits per heavy atom. The van der Waals surface area contributed by atoms with Crippen molar-refractivity contribution in [3.05, 3.63) is 79.9 Å². The molecular formula is C14H8N2O7. The molecule has 0 aliphatic carbocycles. The van der Waals surface area contributed by atoms with Crippen molar-refractivity contribution in [2.75, 3.05) is 0 Å². The number of nitrogens with zero attached hydrogens (tertiary/aromatic N) is 2. The van der Waals surface area contributed by atoms with Gasteiger partial charge in [-0.1, -0.05) is 18.2 Å². The SMILES string of the molecule is O=C(OC(=O)c1c([N+](=O)[O-])cccc1[N+](=O)[O-])c1ccccc1. The van der Waals surface area contributed by atoms with Gasteiger partial charge in [-0.05, 0) is 18.2 Å². The standard InChI is InChI=1S/C14H8N2O7/c17-13(9-5-2-1-3-6-9)23-14(18)12-10(15(19)20)7-4-8-11(12)16(21)22/h1-8H. The van der Waals surface area contributed by atoms with E-state index in [2.05, 4.69) is 4.74 Å². The van der Waals surface area contributed by atoms with E-state index in [1.54, 1.807) is 6.07 Å². The monoisotopic (exact) mass is 316 g/mol. The van der Waals surface area contributed by atoms with E-state index in [1.807, 2.05) is 0 Å². The topological polar surface area (TPSA) is 130 Å². The highest BCUT2D eigenvalue weighted by atomic mass is 16.6. The Kier molecular flexibility index (Phi) is 4.41. The van der Waals surface area contributed by atoms with E-state index < -0.39 is 38.7 Å². The third kappa shape index (κ3) is 3.35. The molecule has 0 amide bonds. The van der Waals surface area contributed by atoms with Crippen molar-refractivity contribution in [3.8, 4) is 0 Å². The normalized spacial score (nSPS) is 9.91. The van der Waals surface area contributed by atoms with E-state index in [0.29, 0.717) is 0 Å². The van der Waals surface area contributed by atoms with Crippen molar-refractivity contribution in [1.82, 2.24) is 0 Å². The highest BCUT2D eigenvalue weighted by Crippen LogP contribution is 2.29. The van der Waals surface area contributed by atoms with Gasteiger partial charge in [-0.3, -0.25) is 20.2 Å². The summed E-state index contributed by atoms with van der Waals surface area (Å²) in [6.45, 7) is 0. The molecule has 0 aliphatic rings. The Bertz CT molecular complexity index is 770. The zero-order valence-electron chi connectivity index (χ0n) is 11.4. The molecule has 0 saturated heterocycles. The Labute approximate surface area is 128 Å². The second-order valence-corrected chi connectivity index (χ2v) is 4.23. The lowest BCUT2D eigenvalue weighted by Gasteiger charge is -2.04. The van der Waals surface area contributed by atoms with Crippen molar-refractivity contribution in [2.45, 2.75) is 0 Å². The van der Waals surface area contributed by atoms with Gasteiger partial charge in [0, 0.05) is 12.1 Å². The smallest absolute Gasteiger partial charge is 0.360 e. The van der Waals surface area contributed by atoms with Gasteiger partial charge >= 0.3 is 11.9 Å². The van der Waals surface area contributed by atoms with Crippen LogP contribution < -0.4 is 0 Å². The van der Waals surface area contributed by atoms with Gasteiger partial charge in [0.2, 0.25) is 5.56 Å². The van der Waals surface area contributed by atoms with Gasteiger partial charge in [0.25, 0.3) is 11.4 Å². The Hall–Kier alpha value is -3.62. The van der Waals surface area contributed by atoms with E-state index in [4.69, 9.17) is 0 Å². The van der Waals surface area contributed by atoms with Gasteiger partial charge < -0.3 is 4.74 Å². The molecule has 0 aliphatic heterocycles. The van der Waals surface area contributed by atoms with Gasteiger partial charge in [0.05, 0.1) is 15.4 Å². The summed E-state index contributed by atoms with van der Waals surface area (Å²) in [7, 11) is 0. The van der Waals surface area contributed by atoms with Crippen LogP contribution in [0.2, 0.25) is 0 Å². The molecule has 9 heteroatoms. The van der Waals surface area contributed by atoms with Crippen LogP contribution in [0.3, 0.4) is 0 Å². The molecule has 23 heavy (non-hydrogen) atoms. The summed E-state index contributed by atoms with van der Waals surface area (Å²) in [5.41, 5.74) is -2.48. The molecule has 2 rings (SSSR count). The Morgan fingerprint density at radius 1 is 0.783 bits per heavy atom. The first-order chi connectivity index (χ1) is 10.9. The van der Waals surface area contributed by atoms with Gasteiger partial charge in [-0.25, -0.2) is 9.59 Å². The third-order valence-electron chi connectivity index (χ3n) is 2.81. The number of hydrogen-bond acceptors (Lipinski definition) is 7. The minimum Gasteiger partial charge on any atom is -0.385 e. The fourth-order valence-electron chi connectivity index (χ4n) is 1.81. The van der Waals surface area contributed by atoms with E-state index in [9.17, 15) is 29.8 Å². The minimum absolute atomic E-state index is 0.0297. The average molecular weight is 316 g/mol. The van der Waals surface area contributed by atoms with Crippen molar-refractivity contribution in [1.29, 1.82) is 0 Å². The first kappa shape index (κ1) is 15.8. The van der Waals surface area contributed by atoms with Crippen LogP contribution in [0.1, 0.15) is 20.7 Å². The molecule has 0 radical (unpaired) electrons. The summed E-state index contributed by atoms with van der Waals surface area (Å²) < 4.78 is 4.52. The fourth-order valence-corrected chi connectivity index (χ4v) is 1.81. The molecule has 0 atom stereocenters. The molecule has 9 nitrogen and oxygen atoms in total. The van der Waals surface area contributed by atoms with Gasteiger partial charge in [0.15, 0.2) is 0 Å². The van der Waals surface area contributed by atoms with E-state index >= 15 is 0 Å². The van der Waals surface area contributed by atoms with Crippen LogP contribution >= 0.6 is 0 Å². The molecule has 0 heterocycles. The first-order valence-corrected chi connectivity index (χ1v) is 6.15. The van der Waals surface area contributed by atoms with Crippen LogP contribution in [0.5, 0.6) is 0 Å². The molecule has 0 N–H and O–H groups in total. The first-order valence-electron chi connectivity index (χ1n) is 6.15. The summed E-state index contributed by atoms with van der Waals surface area (Å²) in [6, 6.07) is 10.3. The molecule has 116 valence electrons. The van der Waals surface area contributed by atoms with Crippen LogP contribution in [0, 0.1) is 20.2 Å². The van der Waals surface area contributed by atoms with Crippen LogP contribution in [-0.2, 0) is 4.74 Å². The average Bonchev–Trinajstić information content (AvgIpc) is 2.54. The zero-order chi connectivity index (χ0) is 17.0. The number of carbonyl (C=O) groups is 2. The van der Waals surface area contributed by atoms with E-state index in [-0.39, 0.29) is 5.56 Å². The number of esters is 2. The van der Waals surface area contributed by atoms with Gasteiger partial charge in [0.1, 0.15) is 0 Å². The maximum absolute atomic E-state index is 12.0. The van der Waals surface area contributed by atoms with Crippen LogP contribution in [0.25, 0.3) is 0 Å². The number of benzene rings is 2. The molecule has 0 fully saturated rings. The molecular weight excluding hydrogens is 308 g/mol. The van der Waals surface area contributed by atoms with Crippen molar-refractivity contribution in [2.24, 2.45) is 0 Å². The molecule has 2 aromatic rings. The second-order valence-electron chi connectivity index (χ2n) is 4.23. The van der Waals surface area contributed by atoms with Crippen molar-refractivity contribution in [3.63, 3.8) is 0 Å². The van der Waals surface area contributed by atoms with Crippen molar-refractivity contribution < 1.29 is 24.2 Å². The number of hydrogen-bond donors (Lipinski definition) is 0. The number of carbonyl (C=O) groups excluding carboxylic acids is 2. The Balaban J connectivity index is 2.41. The highest BCUT2D eigenvalue weighted by molar-refractivity contribution is 6.06. The van der Waals surface area contributed by atoms with Gasteiger partial charge in [-0.2, -0.15) is 0 Å². The molecule has 0 bridgehead atoms. The van der Waals surface area contributed by atoms with Crippen LogP contribution in [0.15, 0.2) is 48.5 Å². The fraction of sp³-hybridized carbons (Fsp3) is 0.